The third-order valence-corrected chi connectivity index (χ3v) is 4.78. The van der Waals surface area contributed by atoms with E-state index in [2.05, 4.69) is 0 Å². The lowest BCUT2D eigenvalue weighted by atomic mass is 9.97. The standard InChI is InChI=1S/C19H26O3.H3N/c20-19(22-16-11-5-2-6-12-16)17-13-7-8-14-18(17)21-15-9-3-1-4-10-15;/h7-8,13-16H,1-6,9-12H2;1H3. The zero-order valence-electron chi connectivity index (χ0n) is 14.0. The fraction of sp³-hybridized carbons (Fsp3) is 0.632. The molecule has 0 aromatic heterocycles. The molecule has 0 amide bonds. The van der Waals surface area contributed by atoms with Crippen LogP contribution in [-0.2, 0) is 4.74 Å². The van der Waals surface area contributed by atoms with Crippen molar-refractivity contribution in [2.75, 3.05) is 0 Å². The zero-order chi connectivity index (χ0) is 15.2. The molecule has 0 spiro atoms. The zero-order valence-corrected chi connectivity index (χ0v) is 14.0. The smallest absolute Gasteiger partial charge is 0.342 e. The van der Waals surface area contributed by atoms with E-state index in [1.807, 2.05) is 24.3 Å². The van der Waals surface area contributed by atoms with Gasteiger partial charge in [0.15, 0.2) is 0 Å². The average Bonchev–Trinajstić information content (AvgIpc) is 2.57. The number of ether oxygens (including phenoxy) is 2. The Morgan fingerprint density at radius 1 is 0.826 bits per heavy atom. The van der Waals surface area contributed by atoms with Crippen LogP contribution in [0.4, 0.5) is 0 Å². The summed E-state index contributed by atoms with van der Waals surface area (Å²) in [4.78, 5) is 12.5. The van der Waals surface area contributed by atoms with Gasteiger partial charge in [0.05, 0.1) is 6.10 Å². The van der Waals surface area contributed by atoms with Gasteiger partial charge >= 0.3 is 5.97 Å². The second-order valence-electron chi connectivity index (χ2n) is 6.54. The molecule has 0 aliphatic heterocycles. The van der Waals surface area contributed by atoms with Gasteiger partial charge < -0.3 is 15.6 Å². The molecule has 0 saturated heterocycles. The van der Waals surface area contributed by atoms with Gasteiger partial charge in [-0.2, -0.15) is 0 Å². The summed E-state index contributed by atoms with van der Waals surface area (Å²) in [5.74, 6) is 0.466. The summed E-state index contributed by atoms with van der Waals surface area (Å²) in [7, 11) is 0. The van der Waals surface area contributed by atoms with E-state index in [9.17, 15) is 4.79 Å². The Bertz CT molecular complexity index is 491. The number of rotatable bonds is 4. The number of para-hydroxylation sites is 1. The molecule has 23 heavy (non-hydrogen) atoms. The molecular weight excluding hydrogens is 290 g/mol. The van der Waals surface area contributed by atoms with Gasteiger partial charge in [0.1, 0.15) is 17.4 Å². The number of hydrogen-bond acceptors (Lipinski definition) is 4. The Morgan fingerprint density at radius 3 is 2.04 bits per heavy atom. The van der Waals surface area contributed by atoms with Crippen molar-refractivity contribution in [3.8, 4) is 5.75 Å². The minimum absolute atomic E-state index is 0. The van der Waals surface area contributed by atoms with Crippen LogP contribution < -0.4 is 10.9 Å². The molecule has 2 aliphatic carbocycles. The van der Waals surface area contributed by atoms with E-state index in [0.29, 0.717) is 11.3 Å². The second kappa shape index (κ2) is 8.92. The highest BCUT2D eigenvalue weighted by Crippen LogP contribution is 2.28. The van der Waals surface area contributed by atoms with E-state index < -0.39 is 0 Å². The fourth-order valence-electron chi connectivity index (χ4n) is 3.50. The van der Waals surface area contributed by atoms with E-state index in [4.69, 9.17) is 9.47 Å². The molecule has 3 rings (SSSR count). The van der Waals surface area contributed by atoms with Crippen molar-refractivity contribution >= 4 is 5.97 Å². The van der Waals surface area contributed by atoms with Crippen LogP contribution in [0.15, 0.2) is 24.3 Å². The van der Waals surface area contributed by atoms with Crippen molar-refractivity contribution in [1.29, 1.82) is 0 Å². The SMILES string of the molecule is N.O=C(OC1CCCCC1)c1ccccc1OC1CCCCC1. The number of esters is 1. The maximum Gasteiger partial charge on any atom is 0.342 e. The van der Waals surface area contributed by atoms with Gasteiger partial charge in [-0.3, -0.25) is 0 Å². The molecule has 4 heteroatoms. The number of carbonyl (C=O) groups is 1. The molecule has 0 atom stereocenters. The maximum atomic E-state index is 12.5. The van der Waals surface area contributed by atoms with E-state index in [-0.39, 0.29) is 24.3 Å². The van der Waals surface area contributed by atoms with Crippen LogP contribution in [0.3, 0.4) is 0 Å². The van der Waals surface area contributed by atoms with E-state index in [1.54, 1.807) is 0 Å². The Labute approximate surface area is 139 Å². The summed E-state index contributed by atoms with van der Waals surface area (Å²) >= 11 is 0. The summed E-state index contributed by atoms with van der Waals surface area (Å²) < 4.78 is 11.8. The molecule has 0 bridgehead atoms. The quantitative estimate of drug-likeness (QED) is 0.788. The molecule has 2 aliphatic rings. The van der Waals surface area contributed by atoms with Crippen molar-refractivity contribution in [3.05, 3.63) is 29.8 Å². The van der Waals surface area contributed by atoms with Crippen molar-refractivity contribution < 1.29 is 14.3 Å². The third-order valence-electron chi connectivity index (χ3n) is 4.78. The van der Waals surface area contributed by atoms with Crippen molar-refractivity contribution in [2.24, 2.45) is 0 Å². The van der Waals surface area contributed by atoms with Crippen LogP contribution in [0.2, 0.25) is 0 Å². The van der Waals surface area contributed by atoms with Gasteiger partial charge in [-0.05, 0) is 63.5 Å². The van der Waals surface area contributed by atoms with E-state index in [0.717, 1.165) is 38.5 Å². The van der Waals surface area contributed by atoms with E-state index in [1.165, 1.54) is 25.7 Å². The van der Waals surface area contributed by atoms with Crippen LogP contribution in [0.5, 0.6) is 5.75 Å². The fourth-order valence-corrected chi connectivity index (χ4v) is 3.50. The molecule has 128 valence electrons. The minimum atomic E-state index is -0.224. The summed E-state index contributed by atoms with van der Waals surface area (Å²) in [5, 5.41) is 0. The summed E-state index contributed by atoms with van der Waals surface area (Å²) in [6.07, 6.45) is 11.8. The lowest BCUT2D eigenvalue weighted by molar-refractivity contribution is 0.0204. The normalized spacial score (nSPS) is 19.7. The van der Waals surface area contributed by atoms with E-state index >= 15 is 0 Å². The molecule has 1 aromatic rings. The first-order valence-electron chi connectivity index (χ1n) is 8.79. The lowest BCUT2D eigenvalue weighted by Gasteiger charge is -2.25. The third kappa shape index (κ3) is 4.96. The summed E-state index contributed by atoms with van der Waals surface area (Å²) in [6.45, 7) is 0. The number of carbonyl (C=O) groups excluding carboxylic acids is 1. The van der Waals surface area contributed by atoms with Gasteiger partial charge in [-0.1, -0.05) is 25.0 Å². The average molecular weight is 319 g/mol. The van der Waals surface area contributed by atoms with Gasteiger partial charge in [0.2, 0.25) is 0 Å². The predicted molar refractivity (Wildman–Crippen MR) is 91.3 cm³/mol. The molecule has 3 N–H and O–H groups in total. The molecule has 0 heterocycles. The molecule has 0 radical (unpaired) electrons. The maximum absolute atomic E-state index is 12.5. The highest BCUT2D eigenvalue weighted by atomic mass is 16.5. The van der Waals surface area contributed by atoms with Crippen LogP contribution in [0.1, 0.15) is 74.6 Å². The highest BCUT2D eigenvalue weighted by Gasteiger charge is 2.23. The largest absolute Gasteiger partial charge is 0.490 e. The van der Waals surface area contributed by atoms with Gasteiger partial charge in [-0.25, -0.2) is 4.79 Å². The summed E-state index contributed by atoms with van der Waals surface area (Å²) in [5.41, 5.74) is 0.582. The van der Waals surface area contributed by atoms with Crippen molar-refractivity contribution in [1.82, 2.24) is 6.15 Å². The Balaban J connectivity index is 0.00000192. The van der Waals surface area contributed by atoms with Crippen molar-refractivity contribution in [3.63, 3.8) is 0 Å². The molecule has 1 aromatic carbocycles. The first-order valence-corrected chi connectivity index (χ1v) is 8.79. The minimum Gasteiger partial charge on any atom is -0.490 e. The van der Waals surface area contributed by atoms with Gasteiger partial charge in [0.25, 0.3) is 0 Å². The Kier molecular flexibility index (Phi) is 6.90. The number of benzene rings is 1. The Morgan fingerprint density at radius 2 is 1.39 bits per heavy atom. The van der Waals surface area contributed by atoms with Crippen molar-refractivity contribution in [2.45, 2.75) is 76.4 Å². The molecular formula is C19H29NO3. The van der Waals surface area contributed by atoms with Gasteiger partial charge in [-0.15, -0.1) is 0 Å². The second-order valence-corrected chi connectivity index (χ2v) is 6.54. The van der Waals surface area contributed by atoms with Crippen LogP contribution in [0.25, 0.3) is 0 Å². The highest BCUT2D eigenvalue weighted by molar-refractivity contribution is 5.92. The van der Waals surface area contributed by atoms with Crippen LogP contribution >= 0.6 is 0 Å². The summed E-state index contributed by atoms with van der Waals surface area (Å²) in [6, 6.07) is 7.52. The topological polar surface area (TPSA) is 70.5 Å². The first kappa shape index (κ1) is 17.8. The molecule has 2 fully saturated rings. The molecule has 2 saturated carbocycles. The van der Waals surface area contributed by atoms with Gasteiger partial charge in [0, 0.05) is 0 Å². The molecule has 4 nitrogen and oxygen atoms in total. The predicted octanol–water partition coefficient (Wildman–Crippen LogP) is 5.05. The molecule has 0 unspecified atom stereocenters. The Hall–Kier alpha value is -1.55. The first-order chi connectivity index (χ1) is 10.8. The van der Waals surface area contributed by atoms with Crippen LogP contribution in [-0.4, -0.2) is 18.2 Å². The number of hydrogen-bond donors (Lipinski definition) is 1. The lowest BCUT2D eigenvalue weighted by Crippen LogP contribution is -2.23. The monoisotopic (exact) mass is 319 g/mol. The van der Waals surface area contributed by atoms with Crippen LogP contribution in [0, 0.1) is 0 Å².